The predicted molar refractivity (Wildman–Crippen MR) is 62.7 cm³/mol. The van der Waals surface area contributed by atoms with Crippen LogP contribution in [0.4, 0.5) is 0 Å². The van der Waals surface area contributed by atoms with E-state index < -0.39 is 5.54 Å². The van der Waals surface area contributed by atoms with E-state index in [1.807, 2.05) is 20.9 Å². The Morgan fingerprint density at radius 1 is 1.50 bits per heavy atom. The summed E-state index contributed by atoms with van der Waals surface area (Å²) >= 11 is 0. The van der Waals surface area contributed by atoms with Gasteiger partial charge in [0.15, 0.2) is 0 Å². The van der Waals surface area contributed by atoms with Crippen LogP contribution in [0.1, 0.15) is 33.1 Å². The van der Waals surface area contributed by atoms with Crippen LogP contribution < -0.4 is 5.32 Å². The van der Waals surface area contributed by atoms with Crippen molar-refractivity contribution in [2.45, 2.75) is 38.6 Å². The van der Waals surface area contributed by atoms with Crippen LogP contribution in [0.25, 0.3) is 0 Å². The van der Waals surface area contributed by atoms with Gasteiger partial charge >= 0.3 is 0 Å². The van der Waals surface area contributed by atoms with E-state index in [9.17, 15) is 10.1 Å². The average Bonchev–Trinajstić information content (AvgIpc) is 2.21. The number of piperidine rings is 1. The Balaban J connectivity index is 2.55. The van der Waals surface area contributed by atoms with Crippen molar-refractivity contribution in [2.75, 3.05) is 20.1 Å². The van der Waals surface area contributed by atoms with E-state index in [0.717, 1.165) is 25.9 Å². The molecule has 1 aliphatic rings. The van der Waals surface area contributed by atoms with E-state index in [2.05, 4.69) is 16.3 Å². The molecule has 0 atom stereocenters. The van der Waals surface area contributed by atoms with Gasteiger partial charge in [0.2, 0.25) is 5.91 Å². The first-order valence-corrected chi connectivity index (χ1v) is 5.88. The minimum absolute atomic E-state index is 0.00102. The zero-order chi connectivity index (χ0) is 12.2. The zero-order valence-corrected chi connectivity index (χ0v) is 10.4. The number of likely N-dealkylation sites (tertiary alicyclic amines) is 1. The summed E-state index contributed by atoms with van der Waals surface area (Å²) in [6, 6.07) is 2.28. The largest absolute Gasteiger partial charge is 0.338 e. The quantitative estimate of drug-likeness (QED) is 0.780. The molecule has 0 aromatic rings. The molecule has 1 N–H and O–H groups in total. The SMILES string of the molecule is CC(C)CC(=O)NC1(C#N)CCN(C)CC1. The third kappa shape index (κ3) is 3.49. The van der Waals surface area contributed by atoms with Crippen LogP contribution in [0.15, 0.2) is 0 Å². The molecular weight excluding hydrogens is 202 g/mol. The fourth-order valence-electron chi connectivity index (χ4n) is 1.95. The second kappa shape index (κ2) is 5.31. The summed E-state index contributed by atoms with van der Waals surface area (Å²) in [7, 11) is 2.04. The first kappa shape index (κ1) is 13.0. The lowest BCUT2D eigenvalue weighted by Crippen LogP contribution is -2.53. The van der Waals surface area contributed by atoms with Gasteiger partial charge in [0, 0.05) is 19.5 Å². The number of carbonyl (C=O) groups excluding carboxylic acids is 1. The van der Waals surface area contributed by atoms with E-state index in [4.69, 9.17) is 0 Å². The summed E-state index contributed by atoms with van der Waals surface area (Å²) in [4.78, 5) is 13.9. The lowest BCUT2D eigenvalue weighted by molar-refractivity contribution is -0.123. The summed E-state index contributed by atoms with van der Waals surface area (Å²) in [5.41, 5.74) is -0.627. The summed E-state index contributed by atoms with van der Waals surface area (Å²) < 4.78 is 0. The highest BCUT2D eigenvalue weighted by Crippen LogP contribution is 2.21. The van der Waals surface area contributed by atoms with E-state index in [-0.39, 0.29) is 5.91 Å². The molecule has 0 spiro atoms. The van der Waals surface area contributed by atoms with Crippen molar-refractivity contribution in [3.8, 4) is 6.07 Å². The molecule has 90 valence electrons. The molecule has 1 heterocycles. The highest BCUT2D eigenvalue weighted by molar-refractivity contribution is 5.77. The van der Waals surface area contributed by atoms with Crippen LogP contribution in [0.5, 0.6) is 0 Å². The van der Waals surface area contributed by atoms with Crippen molar-refractivity contribution in [3.05, 3.63) is 0 Å². The number of hydrogen-bond acceptors (Lipinski definition) is 3. The van der Waals surface area contributed by atoms with Gasteiger partial charge < -0.3 is 10.2 Å². The standard InChI is InChI=1S/C12H21N3O/c1-10(2)8-11(16)14-12(9-13)4-6-15(3)7-5-12/h10H,4-8H2,1-3H3,(H,14,16). The molecular formula is C12H21N3O. The van der Waals surface area contributed by atoms with Crippen molar-refractivity contribution < 1.29 is 4.79 Å². The molecule has 0 aromatic heterocycles. The second-order valence-corrected chi connectivity index (χ2v) is 5.14. The Bertz CT molecular complexity index is 285. The summed E-state index contributed by atoms with van der Waals surface area (Å²) in [5, 5.41) is 12.1. The lowest BCUT2D eigenvalue weighted by Gasteiger charge is -2.36. The molecule has 0 aliphatic carbocycles. The third-order valence-corrected chi connectivity index (χ3v) is 3.03. The molecule has 0 aromatic carbocycles. The summed E-state index contributed by atoms with van der Waals surface area (Å²) in [6.07, 6.45) is 1.95. The van der Waals surface area contributed by atoms with Gasteiger partial charge in [-0.3, -0.25) is 4.79 Å². The van der Waals surface area contributed by atoms with Crippen molar-refractivity contribution in [1.82, 2.24) is 10.2 Å². The van der Waals surface area contributed by atoms with Gasteiger partial charge in [-0.25, -0.2) is 0 Å². The second-order valence-electron chi connectivity index (χ2n) is 5.14. The number of hydrogen-bond donors (Lipinski definition) is 1. The number of amides is 1. The monoisotopic (exact) mass is 223 g/mol. The number of carbonyl (C=O) groups is 1. The first-order valence-electron chi connectivity index (χ1n) is 5.88. The first-order chi connectivity index (χ1) is 7.47. The molecule has 4 nitrogen and oxygen atoms in total. The summed E-state index contributed by atoms with van der Waals surface area (Å²) in [5.74, 6) is 0.336. The van der Waals surface area contributed by atoms with Gasteiger partial charge in [0.1, 0.15) is 5.54 Å². The molecule has 1 rings (SSSR count). The number of nitrogens with one attached hydrogen (secondary N) is 1. The van der Waals surface area contributed by atoms with Gasteiger partial charge in [-0.05, 0) is 25.8 Å². The van der Waals surface area contributed by atoms with E-state index in [1.54, 1.807) is 0 Å². The van der Waals surface area contributed by atoms with Crippen LogP contribution in [-0.4, -0.2) is 36.5 Å². The van der Waals surface area contributed by atoms with Crippen molar-refractivity contribution in [2.24, 2.45) is 5.92 Å². The molecule has 0 saturated carbocycles. The number of nitriles is 1. The van der Waals surface area contributed by atoms with Crippen LogP contribution >= 0.6 is 0 Å². The zero-order valence-electron chi connectivity index (χ0n) is 10.4. The Morgan fingerprint density at radius 2 is 2.06 bits per heavy atom. The normalized spacial score (nSPS) is 20.4. The topological polar surface area (TPSA) is 56.1 Å². The third-order valence-electron chi connectivity index (χ3n) is 3.03. The smallest absolute Gasteiger partial charge is 0.221 e. The van der Waals surface area contributed by atoms with Gasteiger partial charge in [0.25, 0.3) is 0 Å². The van der Waals surface area contributed by atoms with Crippen molar-refractivity contribution >= 4 is 5.91 Å². The van der Waals surface area contributed by atoms with Crippen molar-refractivity contribution in [3.63, 3.8) is 0 Å². The van der Waals surface area contributed by atoms with Crippen LogP contribution in [-0.2, 0) is 4.79 Å². The van der Waals surface area contributed by atoms with Gasteiger partial charge in [-0.1, -0.05) is 13.8 Å². The highest BCUT2D eigenvalue weighted by Gasteiger charge is 2.35. The Labute approximate surface area is 97.6 Å². The van der Waals surface area contributed by atoms with Gasteiger partial charge in [-0.15, -0.1) is 0 Å². The summed E-state index contributed by atoms with van der Waals surface area (Å²) in [6.45, 7) is 5.76. The molecule has 0 unspecified atom stereocenters. The molecule has 1 amide bonds. The van der Waals surface area contributed by atoms with E-state index in [1.165, 1.54) is 0 Å². The van der Waals surface area contributed by atoms with Crippen LogP contribution in [0, 0.1) is 17.2 Å². The van der Waals surface area contributed by atoms with E-state index >= 15 is 0 Å². The number of nitrogens with zero attached hydrogens (tertiary/aromatic N) is 2. The minimum Gasteiger partial charge on any atom is -0.338 e. The maximum Gasteiger partial charge on any atom is 0.221 e. The fourth-order valence-corrected chi connectivity index (χ4v) is 1.95. The lowest BCUT2D eigenvalue weighted by atomic mass is 9.89. The van der Waals surface area contributed by atoms with Crippen LogP contribution in [0.3, 0.4) is 0 Å². The van der Waals surface area contributed by atoms with Gasteiger partial charge in [-0.2, -0.15) is 5.26 Å². The average molecular weight is 223 g/mol. The molecule has 4 heteroatoms. The molecule has 1 fully saturated rings. The van der Waals surface area contributed by atoms with E-state index in [0.29, 0.717) is 12.3 Å². The maximum absolute atomic E-state index is 11.7. The Kier molecular flexibility index (Phi) is 4.31. The molecule has 0 bridgehead atoms. The fraction of sp³-hybridized carbons (Fsp3) is 0.833. The minimum atomic E-state index is -0.627. The predicted octanol–water partition coefficient (Wildman–Crippen LogP) is 1.14. The highest BCUT2D eigenvalue weighted by atomic mass is 16.1. The maximum atomic E-state index is 11.7. The number of rotatable bonds is 3. The molecule has 1 aliphatic heterocycles. The Morgan fingerprint density at radius 3 is 2.50 bits per heavy atom. The van der Waals surface area contributed by atoms with Crippen LogP contribution in [0.2, 0.25) is 0 Å². The molecule has 16 heavy (non-hydrogen) atoms. The van der Waals surface area contributed by atoms with Crippen molar-refractivity contribution in [1.29, 1.82) is 5.26 Å². The molecule has 1 saturated heterocycles. The van der Waals surface area contributed by atoms with Gasteiger partial charge in [0.05, 0.1) is 6.07 Å². The Hall–Kier alpha value is -1.08. The molecule has 0 radical (unpaired) electrons.